The highest BCUT2D eigenvalue weighted by molar-refractivity contribution is 6.32. The van der Waals surface area contributed by atoms with Crippen molar-refractivity contribution in [2.45, 2.75) is 13.8 Å². The first-order valence-corrected chi connectivity index (χ1v) is 6.92. The second kappa shape index (κ2) is 5.11. The Morgan fingerprint density at radius 1 is 1.05 bits per heavy atom. The van der Waals surface area contributed by atoms with E-state index < -0.39 is 0 Å². The lowest BCUT2D eigenvalue weighted by Gasteiger charge is -2.20. The van der Waals surface area contributed by atoms with Crippen molar-refractivity contribution in [3.05, 3.63) is 33.6 Å². The molecule has 2 heterocycles. The van der Waals surface area contributed by atoms with Gasteiger partial charge in [0.25, 0.3) is 0 Å². The minimum absolute atomic E-state index is 0.443. The lowest BCUT2D eigenvalue weighted by atomic mass is 10.1. The standard InChI is InChI=1S/C14H12Cl2N2O2/c1-7-8(2)17-14(18-13(7)16)9-5-10(15)12-11(6-9)19-3-4-20-12/h5-6H,3-4H2,1-2H3. The normalized spacial score (nSPS) is 13.4. The Hall–Kier alpha value is -1.52. The molecule has 20 heavy (non-hydrogen) atoms. The lowest BCUT2D eigenvalue weighted by Crippen LogP contribution is -2.15. The predicted octanol–water partition coefficient (Wildman–Crippen LogP) is 3.84. The second-order valence-corrected chi connectivity index (χ2v) is 5.30. The molecule has 0 saturated carbocycles. The molecule has 1 aromatic carbocycles. The van der Waals surface area contributed by atoms with Crippen LogP contribution >= 0.6 is 23.2 Å². The molecule has 0 atom stereocenters. The number of ether oxygens (including phenoxy) is 2. The number of hydrogen-bond donors (Lipinski definition) is 0. The van der Waals surface area contributed by atoms with Crippen LogP contribution in [0.2, 0.25) is 10.2 Å². The molecule has 0 amide bonds. The van der Waals surface area contributed by atoms with E-state index in [2.05, 4.69) is 9.97 Å². The van der Waals surface area contributed by atoms with Crippen molar-refractivity contribution >= 4 is 23.2 Å². The summed E-state index contributed by atoms with van der Waals surface area (Å²) in [5.74, 6) is 1.70. The smallest absolute Gasteiger partial charge is 0.179 e. The number of fused-ring (bicyclic) bond motifs is 1. The van der Waals surface area contributed by atoms with Crippen molar-refractivity contribution in [1.82, 2.24) is 9.97 Å². The summed E-state index contributed by atoms with van der Waals surface area (Å²) in [4.78, 5) is 8.74. The van der Waals surface area contributed by atoms with Crippen LogP contribution in [-0.2, 0) is 0 Å². The van der Waals surface area contributed by atoms with E-state index in [1.807, 2.05) is 19.9 Å². The fourth-order valence-corrected chi connectivity index (χ4v) is 2.44. The zero-order chi connectivity index (χ0) is 14.3. The molecule has 0 spiro atoms. The topological polar surface area (TPSA) is 44.2 Å². The summed E-state index contributed by atoms with van der Waals surface area (Å²) in [5, 5.41) is 0.925. The second-order valence-electron chi connectivity index (χ2n) is 4.53. The van der Waals surface area contributed by atoms with Gasteiger partial charge in [-0.1, -0.05) is 23.2 Å². The molecule has 0 unspecified atom stereocenters. The Labute approximate surface area is 126 Å². The molecule has 0 N–H and O–H groups in total. The molecule has 1 aromatic heterocycles. The van der Waals surface area contributed by atoms with Gasteiger partial charge in [-0.2, -0.15) is 0 Å². The van der Waals surface area contributed by atoms with E-state index in [0.717, 1.165) is 16.8 Å². The van der Waals surface area contributed by atoms with Crippen LogP contribution in [0.1, 0.15) is 11.3 Å². The maximum atomic E-state index is 6.21. The Morgan fingerprint density at radius 2 is 1.80 bits per heavy atom. The van der Waals surface area contributed by atoms with Crippen LogP contribution in [0.4, 0.5) is 0 Å². The Balaban J connectivity index is 2.13. The van der Waals surface area contributed by atoms with Gasteiger partial charge in [-0.15, -0.1) is 0 Å². The molecule has 0 fully saturated rings. The fourth-order valence-electron chi connectivity index (χ4n) is 1.96. The first-order valence-electron chi connectivity index (χ1n) is 6.16. The molecule has 4 nitrogen and oxygen atoms in total. The van der Waals surface area contributed by atoms with Gasteiger partial charge >= 0.3 is 0 Å². The van der Waals surface area contributed by atoms with E-state index in [9.17, 15) is 0 Å². The molecule has 2 aromatic rings. The van der Waals surface area contributed by atoms with Crippen molar-refractivity contribution in [3.8, 4) is 22.9 Å². The van der Waals surface area contributed by atoms with Crippen molar-refractivity contribution < 1.29 is 9.47 Å². The highest BCUT2D eigenvalue weighted by atomic mass is 35.5. The molecule has 0 aliphatic carbocycles. The number of aryl methyl sites for hydroxylation is 1. The average molecular weight is 311 g/mol. The van der Waals surface area contributed by atoms with Crippen molar-refractivity contribution in [2.75, 3.05) is 13.2 Å². The summed E-state index contributed by atoms with van der Waals surface area (Å²) in [6.07, 6.45) is 0. The van der Waals surface area contributed by atoms with Gasteiger partial charge < -0.3 is 9.47 Å². The summed E-state index contributed by atoms with van der Waals surface area (Å²) in [6, 6.07) is 3.58. The largest absolute Gasteiger partial charge is 0.486 e. The van der Waals surface area contributed by atoms with Crippen LogP contribution < -0.4 is 9.47 Å². The van der Waals surface area contributed by atoms with Crippen molar-refractivity contribution in [3.63, 3.8) is 0 Å². The maximum Gasteiger partial charge on any atom is 0.179 e. The van der Waals surface area contributed by atoms with Gasteiger partial charge in [0.2, 0.25) is 0 Å². The summed E-state index contributed by atoms with van der Waals surface area (Å²) in [7, 11) is 0. The van der Waals surface area contributed by atoms with E-state index in [4.69, 9.17) is 32.7 Å². The average Bonchev–Trinajstić information content (AvgIpc) is 2.44. The lowest BCUT2D eigenvalue weighted by molar-refractivity contribution is 0.172. The Morgan fingerprint density at radius 3 is 2.55 bits per heavy atom. The van der Waals surface area contributed by atoms with Crippen LogP contribution in [0.15, 0.2) is 12.1 Å². The minimum atomic E-state index is 0.443. The zero-order valence-corrected chi connectivity index (χ0v) is 12.5. The van der Waals surface area contributed by atoms with E-state index in [1.165, 1.54) is 0 Å². The Bertz CT molecular complexity index is 666. The first-order chi connectivity index (χ1) is 9.56. The van der Waals surface area contributed by atoms with E-state index in [0.29, 0.717) is 40.7 Å². The molecule has 1 aliphatic rings. The molecule has 0 bridgehead atoms. The van der Waals surface area contributed by atoms with E-state index in [-0.39, 0.29) is 0 Å². The van der Waals surface area contributed by atoms with Crippen LogP contribution in [0, 0.1) is 13.8 Å². The third kappa shape index (κ3) is 2.30. The minimum Gasteiger partial charge on any atom is -0.486 e. The predicted molar refractivity (Wildman–Crippen MR) is 78.0 cm³/mol. The molecule has 104 valence electrons. The third-order valence-corrected chi connectivity index (χ3v) is 3.83. The van der Waals surface area contributed by atoms with Crippen molar-refractivity contribution in [1.29, 1.82) is 0 Å². The van der Waals surface area contributed by atoms with Gasteiger partial charge in [-0.3, -0.25) is 0 Å². The number of aromatic nitrogens is 2. The monoisotopic (exact) mass is 310 g/mol. The number of halogens is 2. The van der Waals surface area contributed by atoms with Crippen LogP contribution in [-0.4, -0.2) is 23.2 Å². The van der Waals surface area contributed by atoms with E-state index in [1.54, 1.807) is 6.07 Å². The summed E-state index contributed by atoms with van der Waals surface area (Å²) in [5.41, 5.74) is 2.47. The van der Waals surface area contributed by atoms with Crippen LogP contribution in [0.25, 0.3) is 11.4 Å². The molecule has 6 heteroatoms. The number of nitrogens with zero attached hydrogens (tertiary/aromatic N) is 2. The molecule has 0 saturated heterocycles. The molecule has 3 rings (SSSR count). The van der Waals surface area contributed by atoms with Gasteiger partial charge in [-0.05, 0) is 26.0 Å². The quantitative estimate of drug-likeness (QED) is 0.751. The summed E-state index contributed by atoms with van der Waals surface area (Å²) < 4.78 is 11.0. The van der Waals surface area contributed by atoms with Gasteiger partial charge in [-0.25, -0.2) is 9.97 Å². The Kier molecular flexibility index (Phi) is 3.44. The SMILES string of the molecule is Cc1nc(-c2cc(Cl)c3c(c2)OCCO3)nc(Cl)c1C. The summed E-state index contributed by atoms with van der Waals surface area (Å²) in [6.45, 7) is 4.78. The number of benzene rings is 1. The van der Waals surface area contributed by atoms with Gasteiger partial charge in [0.1, 0.15) is 18.4 Å². The molecule has 0 radical (unpaired) electrons. The number of hydrogen-bond acceptors (Lipinski definition) is 4. The van der Waals surface area contributed by atoms with Crippen LogP contribution in [0.3, 0.4) is 0 Å². The van der Waals surface area contributed by atoms with Crippen molar-refractivity contribution in [2.24, 2.45) is 0 Å². The molecular weight excluding hydrogens is 299 g/mol. The number of rotatable bonds is 1. The third-order valence-electron chi connectivity index (χ3n) is 3.18. The highest BCUT2D eigenvalue weighted by Gasteiger charge is 2.18. The summed E-state index contributed by atoms with van der Waals surface area (Å²) >= 11 is 12.3. The molecular formula is C14H12Cl2N2O2. The van der Waals surface area contributed by atoms with E-state index >= 15 is 0 Å². The first kappa shape index (κ1) is 13.5. The zero-order valence-electron chi connectivity index (χ0n) is 11.0. The fraction of sp³-hybridized carbons (Fsp3) is 0.286. The van der Waals surface area contributed by atoms with Gasteiger partial charge in [0.05, 0.1) is 5.02 Å². The van der Waals surface area contributed by atoms with Crippen LogP contribution in [0.5, 0.6) is 11.5 Å². The van der Waals surface area contributed by atoms with Gasteiger partial charge in [0, 0.05) is 16.8 Å². The highest BCUT2D eigenvalue weighted by Crippen LogP contribution is 2.40. The molecule has 1 aliphatic heterocycles. The maximum absolute atomic E-state index is 6.21. The van der Waals surface area contributed by atoms with Gasteiger partial charge in [0.15, 0.2) is 17.3 Å².